The molecule has 4 heterocycles. The van der Waals surface area contributed by atoms with Crippen molar-refractivity contribution < 1.29 is 53.2 Å². The first-order valence-electron chi connectivity index (χ1n) is 17.5. The number of fused-ring (bicyclic) bond motifs is 1. The lowest BCUT2D eigenvalue weighted by Gasteiger charge is -2.40. The number of thioether (sulfide) groups is 1. The Morgan fingerprint density at radius 1 is 1.19 bits per heavy atom. The second kappa shape index (κ2) is 20.0. The molecule has 0 aliphatic carbocycles. The third-order valence-corrected chi connectivity index (χ3v) is 11.2. The van der Waals surface area contributed by atoms with Crippen molar-refractivity contribution in [1.29, 1.82) is 0 Å². The highest BCUT2D eigenvalue weighted by molar-refractivity contribution is 8.00. The van der Waals surface area contributed by atoms with E-state index in [4.69, 9.17) is 20.9 Å². The van der Waals surface area contributed by atoms with Crippen molar-refractivity contribution in [3.8, 4) is 0 Å². The van der Waals surface area contributed by atoms with Gasteiger partial charge in [0.15, 0.2) is 18.2 Å². The molecule has 3 aliphatic rings. The normalized spacial score (nSPS) is 24.5. The van der Waals surface area contributed by atoms with Gasteiger partial charge in [-0.25, -0.2) is 14.6 Å². The molecule has 1 unspecified atom stereocenters. The zero-order chi connectivity index (χ0) is 39.4. The number of alkyl carbamates (subject to hydrolysis) is 1. The van der Waals surface area contributed by atoms with Crippen molar-refractivity contribution >= 4 is 49.3 Å². The van der Waals surface area contributed by atoms with Crippen LogP contribution >= 0.6 is 19.4 Å². The summed E-state index contributed by atoms with van der Waals surface area (Å²) in [6, 6.07) is -2.35. The molecule has 4 rings (SSSR count). The Labute approximate surface area is 315 Å². The maximum atomic E-state index is 12.9. The van der Waals surface area contributed by atoms with E-state index in [0.29, 0.717) is 30.5 Å². The van der Waals surface area contributed by atoms with Gasteiger partial charge in [-0.15, -0.1) is 5.10 Å². The van der Waals surface area contributed by atoms with Crippen LogP contribution in [0.5, 0.6) is 0 Å². The SMILES string of the molecule is CC(=O)N[C@H]1C([C@H](OC(=O)NCc2cn(CCCCCNC(=O)CCCC[C@@H]3SC[C@@H]4NC(=O)N[C@@H]43)nn2)[C@H](O)CO)OC(P(=O)(O)O)=C[C@@H]1N=C(N)N. The molecule has 1 aromatic heterocycles. The lowest BCUT2D eigenvalue weighted by molar-refractivity contribution is -0.126. The molecule has 0 saturated carbocycles. The molecule has 302 valence electrons. The van der Waals surface area contributed by atoms with Crippen molar-refractivity contribution in [3.05, 3.63) is 23.5 Å². The number of nitrogens with one attached hydrogen (secondary N) is 5. The Kier molecular flexibility index (Phi) is 15.7. The molecule has 1 aromatic rings. The number of ether oxygens (including phenoxy) is 2. The Bertz CT molecular complexity index is 1570. The van der Waals surface area contributed by atoms with Crippen molar-refractivity contribution in [2.75, 3.05) is 18.9 Å². The number of carbonyl (C=O) groups excluding carboxylic acids is 4. The van der Waals surface area contributed by atoms with Crippen LogP contribution < -0.4 is 38.1 Å². The number of aliphatic hydroxyl groups excluding tert-OH is 2. The number of guanidine groups is 1. The fourth-order valence-electron chi connectivity index (χ4n) is 6.32. The first-order chi connectivity index (χ1) is 25.6. The van der Waals surface area contributed by atoms with E-state index in [9.17, 15) is 43.7 Å². The van der Waals surface area contributed by atoms with Crippen molar-refractivity contribution in [1.82, 2.24) is 41.6 Å². The van der Waals surface area contributed by atoms with Crippen LogP contribution in [0, 0.1) is 0 Å². The topological polar surface area (TPSA) is 340 Å². The van der Waals surface area contributed by atoms with Gasteiger partial charge in [0, 0.05) is 37.4 Å². The third kappa shape index (κ3) is 12.7. The molecule has 54 heavy (non-hydrogen) atoms. The molecule has 22 nitrogen and oxygen atoms in total. The average Bonchev–Trinajstić information content (AvgIpc) is 3.82. The summed E-state index contributed by atoms with van der Waals surface area (Å²) in [6.45, 7) is 1.10. The fraction of sp³-hybridized carbons (Fsp3) is 0.700. The van der Waals surface area contributed by atoms with Crippen LogP contribution in [0.4, 0.5) is 9.59 Å². The summed E-state index contributed by atoms with van der Waals surface area (Å²) in [5.41, 5.74) is 10.4. The average molecular weight is 804 g/mol. The highest BCUT2D eigenvalue weighted by Crippen LogP contribution is 2.49. The minimum Gasteiger partial charge on any atom is -0.476 e. The van der Waals surface area contributed by atoms with Crippen LogP contribution in [0.1, 0.15) is 57.6 Å². The molecule has 2 fully saturated rings. The number of carbonyl (C=O) groups is 4. The van der Waals surface area contributed by atoms with Gasteiger partial charge in [-0.1, -0.05) is 11.6 Å². The van der Waals surface area contributed by atoms with Gasteiger partial charge >= 0.3 is 19.7 Å². The quantitative estimate of drug-likeness (QED) is 0.0219. The number of aliphatic hydroxyl groups is 2. The van der Waals surface area contributed by atoms with Gasteiger partial charge in [0.2, 0.25) is 17.3 Å². The van der Waals surface area contributed by atoms with Gasteiger partial charge in [-0.05, 0) is 38.2 Å². The number of urea groups is 1. The molecular formula is C30H50N11O11PS. The van der Waals surface area contributed by atoms with E-state index in [1.807, 2.05) is 11.8 Å². The number of nitrogens with zero attached hydrogens (tertiary/aromatic N) is 4. The number of rotatable bonds is 20. The van der Waals surface area contributed by atoms with Crippen LogP contribution in [0.3, 0.4) is 0 Å². The van der Waals surface area contributed by atoms with Gasteiger partial charge < -0.3 is 67.5 Å². The second-order valence-electron chi connectivity index (χ2n) is 13.1. The van der Waals surface area contributed by atoms with Crippen molar-refractivity contribution in [2.24, 2.45) is 16.5 Å². The lowest BCUT2D eigenvalue weighted by atomic mass is 9.93. The van der Waals surface area contributed by atoms with E-state index in [1.165, 1.54) is 0 Å². The predicted molar refractivity (Wildman–Crippen MR) is 193 cm³/mol. The minimum atomic E-state index is -5.08. The molecule has 5 amide bonds. The zero-order valence-electron chi connectivity index (χ0n) is 29.7. The summed E-state index contributed by atoms with van der Waals surface area (Å²) in [5, 5.41) is 42.5. The maximum absolute atomic E-state index is 12.9. The third-order valence-electron chi connectivity index (χ3n) is 8.85. The van der Waals surface area contributed by atoms with E-state index in [-0.39, 0.29) is 30.6 Å². The fourth-order valence-corrected chi connectivity index (χ4v) is 8.47. The van der Waals surface area contributed by atoms with Crippen LogP contribution in [-0.4, -0.2) is 132 Å². The van der Waals surface area contributed by atoms with E-state index in [1.54, 1.807) is 10.9 Å². The predicted octanol–water partition coefficient (Wildman–Crippen LogP) is -2.20. The number of aliphatic imine (C=N–C) groups is 1. The molecule has 0 spiro atoms. The van der Waals surface area contributed by atoms with E-state index in [2.05, 4.69) is 41.9 Å². The number of aromatic nitrogens is 3. The van der Waals surface area contributed by atoms with Gasteiger partial charge in [0.1, 0.15) is 11.8 Å². The Morgan fingerprint density at radius 3 is 2.67 bits per heavy atom. The van der Waals surface area contributed by atoms with E-state index >= 15 is 0 Å². The molecule has 0 aromatic carbocycles. The first kappa shape index (κ1) is 42.6. The number of aryl methyl sites for hydroxylation is 1. The monoisotopic (exact) mass is 803 g/mol. The first-order valence-corrected chi connectivity index (χ1v) is 20.2. The molecule has 24 heteroatoms. The Balaban J connectivity index is 1.17. The molecule has 0 radical (unpaired) electrons. The largest absolute Gasteiger partial charge is 0.476 e. The summed E-state index contributed by atoms with van der Waals surface area (Å²) < 4.78 is 24.5. The van der Waals surface area contributed by atoms with Gasteiger partial charge in [-0.2, -0.15) is 11.8 Å². The van der Waals surface area contributed by atoms with Crippen LogP contribution in [0.15, 0.2) is 22.8 Å². The molecule has 2 saturated heterocycles. The number of amides is 5. The lowest BCUT2D eigenvalue weighted by Crippen LogP contribution is -2.60. The van der Waals surface area contributed by atoms with Crippen molar-refractivity contribution in [2.45, 2.75) is 113 Å². The summed E-state index contributed by atoms with van der Waals surface area (Å²) in [7, 11) is -5.08. The van der Waals surface area contributed by atoms with Crippen LogP contribution in [0.2, 0.25) is 0 Å². The van der Waals surface area contributed by atoms with Crippen molar-refractivity contribution in [3.63, 3.8) is 0 Å². The number of hydrogen-bond acceptors (Lipinski definition) is 13. The molecule has 13 N–H and O–H groups in total. The second-order valence-corrected chi connectivity index (χ2v) is 15.9. The summed E-state index contributed by atoms with van der Waals surface area (Å²) in [5.74, 6) is -0.198. The standard InChI is InChI=1S/C30H50N11O11PS/c1-16(43)35-25-18(36-28(31)32)11-23(53(48,49)50)51-27(25)26(20(44)14-42)52-30(47)34-12-17-13-41(40-39-17)10-6-2-5-9-33-22(45)8-4-3-7-21-24-19(15-54-21)37-29(46)38-24/h11,13,18-21,24-27,42,44H,2-10,12,14-15H2,1H3,(H,33,45)(H,34,47)(H,35,43)(H4,31,32,36)(H2,37,38,46)(H2,48,49,50)/t18-,19-,20+,21-,24-,25+,26+,27?/m0/s1. The Hall–Kier alpha value is -4.15. The highest BCUT2D eigenvalue weighted by Gasteiger charge is 2.48. The maximum Gasteiger partial charge on any atom is 0.407 e. The minimum absolute atomic E-state index is 0.0172. The number of unbranched alkanes of at least 4 members (excludes halogenated alkanes) is 3. The highest BCUT2D eigenvalue weighted by atomic mass is 32.2. The molecule has 3 aliphatic heterocycles. The smallest absolute Gasteiger partial charge is 0.407 e. The van der Waals surface area contributed by atoms with Gasteiger partial charge in [0.25, 0.3) is 0 Å². The molecular weight excluding hydrogens is 753 g/mol. The molecule has 0 bridgehead atoms. The van der Waals surface area contributed by atoms with Crippen LogP contribution in [0.25, 0.3) is 0 Å². The Morgan fingerprint density at radius 2 is 1.96 bits per heavy atom. The molecule has 8 atom stereocenters. The van der Waals surface area contributed by atoms with Crippen LogP contribution in [-0.2, 0) is 36.7 Å². The number of nitrogens with two attached hydrogens (primary N) is 2. The number of hydrogen-bond donors (Lipinski definition) is 11. The van der Waals surface area contributed by atoms with Gasteiger partial charge in [0.05, 0.1) is 43.5 Å². The summed E-state index contributed by atoms with van der Waals surface area (Å²) in [6.07, 6.45) is 1.58. The van der Waals surface area contributed by atoms with E-state index in [0.717, 1.165) is 57.3 Å². The summed E-state index contributed by atoms with van der Waals surface area (Å²) >= 11 is 1.86. The van der Waals surface area contributed by atoms with E-state index < -0.39 is 68.1 Å². The summed E-state index contributed by atoms with van der Waals surface area (Å²) in [4.78, 5) is 72.1. The van der Waals surface area contributed by atoms with Gasteiger partial charge in [-0.3, -0.25) is 18.8 Å². The zero-order valence-corrected chi connectivity index (χ0v) is 31.4.